The number of ether oxygens (including phenoxy) is 1. The van der Waals surface area contributed by atoms with E-state index in [2.05, 4.69) is 47.1 Å². The molecule has 2 atom stereocenters. The first-order chi connectivity index (χ1) is 17.5. The smallest absolute Gasteiger partial charge is 0.324 e. The molecule has 3 heterocycles. The van der Waals surface area contributed by atoms with Crippen LogP contribution in [0.2, 0.25) is 0 Å². The molecule has 0 bridgehead atoms. The second kappa shape index (κ2) is 11.0. The third kappa shape index (κ3) is 5.73. The van der Waals surface area contributed by atoms with Crippen molar-refractivity contribution in [2.45, 2.75) is 64.5 Å². The van der Waals surface area contributed by atoms with Crippen LogP contribution in [0, 0.1) is 11.8 Å². The Labute approximate surface area is 212 Å². The fourth-order valence-electron chi connectivity index (χ4n) is 5.36. The van der Waals surface area contributed by atoms with Gasteiger partial charge in [-0.15, -0.1) is 0 Å². The number of hydrogen-bond donors (Lipinski definition) is 0. The molecule has 8 heteroatoms. The van der Waals surface area contributed by atoms with Gasteiger partial charge >= 0.3 is 6.01 Å². The maximum Gasteiger partial charge on any atom is 0.324 e. The van der Waals surface area contributed by atoms with Gasteiger partial charge in [0.05, 0.1) is 13.2 Å². The Kier molecular flexibility index (Phi) is 7.58. The van der Waals surface area contributed by atoms with Gasteiger partial charge in [0.25, 0.3) is 0 Å². The van der Waals surface area contributed by atoms with E-state index >= 15 is 0 Å². The molecule has 7 nitrogen and oxygen atoms in total. The number of amides is 1. The lowest BCUT2D eigenvalue weighted by molar-refractivity contribution is -0.134. The highest BCUT2D eigenvalue weighted by Gasteiger charge is 2.31. The normalized spacial score (nSPS) is 23.3. The third-order valence-corrected chi connectivity index (χ3v) is 7.75. The summed E-state index contributed by atoms with van der Waals surface area (Å²) in [5.41, 5.74) is 2.47. The van der Waals surface area contributed by atoms with E-state index in [0.717, 1.165) is 56.8 Å². The molecule has 0 spiro atoms. The van der Waals surface area contributed by atoms with Crippen molar-refractivity contribution in [2.75, 3.05) is 37.7 Å². The Morgan fingerprint density at radius 3 is 2.53 bits per heavy atom. The number of aromatic nitrogens is 2. The molecule has 2 unspecified atom stereocenters. The molecule has 194 valence electrons. The first kappa shape index (κ1) is 24.8. The van der Waals surface area contributed by atoms with Crippen LogP contribution in [0.4, 0.5) is 10.4 Å². The Bertz CT molecular complexity index is 1060. The highest BCUT2D eigenvalue weighted by atomic mass is 19.1. The van der Waals surface area contributed by atoms with Crippen molar-refractivity contribution in [1.29, 1.82) is 0 Å². The first-order valence-electron chi connectivity index (χ1n) is 13.4. The lowest BCUT2D eigenvalue weighted by atomic mass is 9.86. The van der Waals surface area contributed by atoms with Crippen LogP contribution in [-0.2, 0) is 4.79 Å². The number of carbonyl (C=O) groups is 1. The van der Waals surface area contributed by atoms with Crippen molar-refractivity contribution in [3.63, 3.8) is 0 Å². The number of halogens is 1. The molecule has 2 aromatic rings. The van der Waals surface area contributed by atoms with E-state index in [0.29, 0.717) is 31.5 Å². The molecular weight excluding hydrogens is 459 g/mol. The average molecular weight is 497 g/mol. The molecule has 2 fully saturated rings. The number of allylic oxidation sites excluding steroid dienone is 2. The number of hydrogen-bond acceptors (Lipinski definition) is 6. The zero-order chi connectivity index (χ0) is 25.1. The zero-order valence-electron chi connectivity index (χ0n) is 21.4. The third-order valence-electron chi connectivity index (χ3n) is 7.75. The Morgan fingerprint density at radius 1 is 1.14 bits per heavy atom. The SMILES string of the molecule is CC(C)c1noc(N2CCC(COc3ccc(C4=CCC(C(=O)N5CCC(F)C5)CC4)cc3)CC2)n1. The van der Waals surface area contributed by atoms with Crippen molar-refractivity contribution < 1.29 is 18.4 Å². The van der Waals surface area contributed by atoms with Crippen LogP contribution in [0.1, 0.15) is 69.7 Å². The molecular formula is C28H37FN4O3. The van der Waals surface area contributed by atoms with Crippen LogP contribution in [0.3, 0.4) is 0 Å². The number of anilines is 1. The van der Waals surface area contributed by atoms with E-state index < -0.39 is 6.17 Å². The van der Waals surface area contributed by atoms with Gasteiger partial charge in [0, 0.05) is 31.5 Å². The topological polar surface area (TPSA) is 71.7 Å². The number of rotatable bonds is 7. The van der Waals surface area contributed by atoms with Gasteiger partial charge in [0.1, 0.15) is 11.9 Å². The summed E-state index contributed by atoms with van der Waals surface area (Å²) in [6, 6.07) is 8.94. The predicted molar refractivity (Wildman–Crippen MR) is 137 cm³/mol. The zero-order valence-corrected chi connectivity index (χ0v) is 21.4. The van der Waals surface area contributed by atoms with Crippen molar-refractivity contribution in [1.82, 2.24) is 15.0 Å². The Morgan fingerprint density at radius 2 is 1.92 bits per heavy atom. The van der Waals surface area contributed by atoms with Gasteiger partial charge in [-0.05, 0) is 67.7 Å². The molecule has 2 saturated heterocycles. The Hall–Kier alpha value is -2.90. The summed E-state index contributed by atoms with van der Waals surface area (Å²) in [6.07, 6.45) is 6.33. The molecule has 0 N–H and O–H groups in total. The maximum absolute atomic E-state index is 13.5. The fraction of sp³-hybridized carbons (Fsp3) is 0.607. The molecule has 0 radical (unpaired) electrons. The van der Waals surface area contributed by atoms with E-state index in [-0.39, 0.29) is 24.3 Å². The molecule has 1 amide bonds. The van der Waals surface area contributed by atoms with Gasteiger partial charge in [-0.2, -0.15) is 4.98 Å². The molecule has 3 aliphatic rings. The largest absolute Gasteiger partial charge is 0.493 e. The van der Waals surface area contributed by atoms with Gasteiger partial charge < -0.3 is 19.1 Å². The fourth-order valence-corrected chi connectivity index (χ4v) is 5.36. The standard InChI is InChI=1S/C28H37FN4O3/c1-19(2)26-30-28(36-31-26)32-14-11-20(12-15-32)18-35-25-9-7-22(8-10-25)21-3-5-23(6-4-21)27(34)33-16-13-24(29)17-33/h3,7-10,19-20,23-24H,4-6,11-18H2,1-2H3. The van der Waals surface area contributed by atoms with Crippen molar-refractivity contribution in [3.05, 3.63) is 41.7 Å². The lowest BCUT2D eigenvalue weighted by Crippen LogP contribution is -2.35. The Balaban J connectivity index is 1.06. The van der Waals surface area contributed by atoms with E-state index in [9.17, 15) is 9.18 Å². The van der Waals surface area contributed by atoms with Crippen LogP contribution < -0.4 is 9.64 Å². The molecule has 2 aliphatic heterocycles. The minimum absolute atomic E-state index is 0.00911. The van der Waals surface area contributed by atoms with Gasteiger partial charge in [0.15, 0.2) is 5.82 Å². The van der Waals surface area contributed by atoms with Crippen LogP contribution in [0.25, 0.3) is 5.57 Å². The highest BCUT2D eigenvalue weighted by molar-refractivity contribution is 5.81. The summed E-state index contributed by atoms with van der Waals surface area (Å²) in [7, 11) is 0. The summed E-state index contributed by atoms with van der Waals surface area (Å²) in [5, 5.41) is 4.07. The summed E-state index contributed by atoms with van der Waals surface area (Å²) < 4.78 is 25.0. The molecule has 1 aromatic carbocycles. The molecule has 36 heavy (non-hydrogen) atoms. The second-order valence-corrected chi connectivity index (χ2v) is 10.7. The second-order valence-electron chi connectivity index (χ2n) is 10.7. The minimum Gasteiger partial charge on any atom is -0.493 e. The highest BCUT2D eigenvalue weighted by Crippen LogP contribution is 2.33. The monoisotopic (exact) mass is 496 g/mol. The van der Waals surface area contributed by atoms with Gasteiger partial charge in [0.2, 0.25) is 5.91 Å². The molecule has 1 aromatic heterocycles. The molecule has 1 aliphatic carbocycles. The molecule has 0 saturated carbocycles. The predicted octanol–water partition coefficient (Wildman–Crippen LogP) is 5.24. The quantitative estimate of drug-likeness (QED) is 0.522. The number of alkyl halides is 1. The van der Waals surface area contributed by atoms with Gasteiger partial charge in [-0.3, -0.25) is 4.79 Å². The number of piperidine rings is 1. The maximum atomic E-state index is 13.5. The number of likely N-dealkylation sites (tertiary alicyclic amines) is 1. The van der Waals surface area contributed by atoms with Crippen LogP contribution >= 0.6 is 0 Å². The van der Waals surface area contributed by atoms with Crippen LogP contribution in [-0.4, -0.2) is 59.9 Å². The van der Waals surface area contributed by atoms with Crippen LogP contribution in [0.5, 0.6) is 5.75 Å². The number of nitrogens with zero attached hydrogens (tertiary/aromatic N) is 4. The summed E-state index contributed by atoms with van der Waals surface area (Å²) >= 11 is 0. The van der Waals surface area contributed by atoms with E-state index in [1.807, 2.05) is 12.1 Å². The lowest BCUT2D eigenvalue weighted by Gasteiger charge is -2.30. The van der Waals surface area contributed by atoms with E-state index in [1.54, 1.807) is 4.90 Å². The summed E-state index contributed by atoms with van der Waals surface area (Å²) in [6.45, 7) is 7.46. The summed E-state index contributed by atoms with van der Waals surface area (Å²) in [4.78, 5) is 21.0. The minimum atomic E-state index is -0.855. The first-order valence-corrected chi connectivity index (χ1v) is 13.4. The number of carbonyl (C=O) groups excluding carboxylic acids is 1. The number of benzene rings is 1. The van der Waals surface area contributed by atoms with Crippen molar-refractivity contribution in [3.8, 4) is 5.75 Å². The van der Waals surface area contributed by atoms with Gasteiger partial charge in [-0.1, -0.05) is 37.2 Å². The van der Waals surface area contributed by atoms with Crippen molar-refractivity contribution in [2.24, 2.45) is 11.8 Å². The van der Waals surface area contributed by atoms with Crippen molar-refractivity contribution >= 4 is 17.5 Å². The van der Waals surface area contributed by atoms with Gasteiger partial charge in [-0.25, -0.2) is 4.39 Å². The van der Waals surface area contributed by atoms with E-state index in [1.165, 1.54) is 11.1 Å². The molecule has 5 rings (SSSR count). The van der Waals surface area contributed by atoms with E-state index in [4.69, 9.17) is 9.26 Å². The average Bonchev–Trinajstić information content (AvgIpc) is 3.58. The van der Waals surface area contributed by atoms with Crippen LogP contribution in [0.15, 0.2) is 34.9 Å². The summed E-state index contributed by atoms with van der Waals surface area (Å²) in [5.74, 6) is 2.53.